The molecule has 0 unspecified atom stereocenters. The molecule has 0 spiro atoms. The van der Waals surface area contributed by atoms with Crippen LogP contribution in [-0.4, -0.2) is 53.1 Å². The monoisotopic (exact) mass is 279 g/mol. The van der Waals surface area contributed by atoms with Gasteiger partial charge >= 0.3 is 0 Å². The maximum atomic E-state index is 12.7. The molecule has 0 aromatic rings. The lowest BCUT2D eigenvalue weighted by Gasteiger charge is -2.43. The number of halogens is 2. The minimum Gasteiger partial charge on any atom is -0.389 e. The van der Waals surface area contributed by atoms with Gasteiger partial charge in [-0.1, -0.05) is 13.8 Å². The Balaban J connectivity index is 1.82. The van der Waals surface area contributed by atoms with Gasteiger partial charge in [0, 0.05) is 18.9 Å². The van der Waals surface area contributed by atoms with E-state index in [1.54, 1.807) is 0 Å². The number of aliphatic hydroxyl groups excluding tert-OH is 2. The summed E-state index contributed by atoms with van der Waals surface area (Å²) in [5, 5.41) is 23.0. The molecule has 2 aliphatic rings. The normalized spacial score (nSPS) is 39.3. The topological polar surface area (TPSA) is 61.7 Å². The summed E-state index contributed by atoms with van der Waals surface area (Å²) >= 11 is 0. The highest BCUT2D eigenvalue weighted by Gasteiger charge is 2.48. The van der Waals surface area contributed by atoms with Crippen molar-refractivity contribution >= 4 is 0 Å². The summed E-state index contributed by atoms with van der Waals surface area (Å²) in [6, 6.07) is -0.772. The highest BCUT2D eigenvalue weighted by molar-refractivity contribution is 4.97. The molecular weight excluding hydrogens is 256 g/mol. The van der Waals surface area contributed by atoms with Gasteiger partial charge in [-0.05, 0) is 12.3 Å². The van der Waals surface area contributed by atoms with Gasteiger partial charge in [-0.15, -0.1) is 0 Å². The Bertz CT molecular complexity index is 306. The van der Waals surface area contributed by atoms with Crippen molar-refractivity contribution in [3.05, 3.63) is 0 Å². The molecule has 2 fully saturated rings. The van der Waals surface area contributed by atoms with Crippen LogP contribution in [0.2, 0.25) is 0 Å². The van der Waals surface area contributed by atoms with Gasteiger partial charge in [0.15, 0.2) is 0 Å². The van der Waals surface area contributed by atoms with Crippen LogP contribution < -0.4 is 5.32 Å². The number of hydrogen-bond acceptors (Lipinski definition) is 4. The lowest BCUT2D eigenvalue weighted by molar-refractivity contribution is -0.164. The van der Waals surface area contributed by atoms with Crippen LogP contribution in [0.1, 0.15) is 33.1 Å². The van der Waals surface area contributed by atoms with Crippen LogP contribution in [0.3, 0.4) is 0 Å². The van der Waals surface area contributed by atoms with Crippen molar-refractivity contribution in [1.29, 1.82) is 0 Å². The van der Waals surface area contributed by atoms with E-state index in [0.29, 0.717) is 12.3 Å². The van der Waals surface area contributed by atoms with E-state index >= 15 is 0 Å². The second-order valence-electron chi connectivity index (χ2n) is 6.22. The molecule has 4 atom stereocenters. The van der Waals surface area contributed by atoms with E-state index in [2.05, 4.69) is 5.32 Å². The van der Waals surface area contributed by atoms with Gasteiger partial charge in [-0.25, -0.2) is 8.78 Å². The Morgan fingerprint density at radius 3 is 2.42 bits per heavy atom. The fourth-order valence-electron chi connectivity index (χ4n) is 2.78. The smallest absolute Gasteiger partial charge is 0.251 e. The van der Waals surface area contributed by atoms with Gasteiger partial charge in [0.05, 0.1) is 24.9 Å². The molecule has 19 heavy (non-hydrogen) atoms. The Labute approximate surface area is 112 Å². The summed E-state index contributed by atoms with van der Waals surface area (Å²) in [5.74, 6) is -2.22. The Morgan fingerprint density at radius 2 is 1.89 bits per heavy atom. The van der Waals surface area contributed by atoms with Crippen molar-refractivity contribution < 1.29 is 23.7 Å². The SMILES string of the molecule is CC(C)C[C@H]1OC[C@H](NC2CC(F)(F)C2)[C@@H](O)[C@H]1O. The van der Waals surface area contributed by atoms with Crippen LogP contribution in [0.15, 0.2) is 0 Å². The number of rotatable bonds is 4. The van der Waals surface area contributed by atoms with Gasteiger partial charge in [0.1, 0.15) is 6.10 Å². The summed E-state index contributed by atoms with van der Waals surface area (Å²) in [7, 11) is 0. The zero-order chi connectivity index (χ0) is 14.2. The first-order valence-electron chi connectivity index (χ1n) is 6.90. The molecule has 4 nitrogen and oxygen atoms in total. The van der Waals surface area contributed by atoms with Crippen LogP contribution in [0.4, 0.5) is 8.78 Å². The summed E-state index contributed by atoms with van der Waals surface area (Å²) in [6.45, 7) is 4.28. The van der Waals surface area contributed by atoms with E-state index < -0.39 is 24.2 Å². The second kappa shape index (κ2) is 5.60. The Hall–Kier alpha value is -0.300. The standard InChI is InChI=1S/C13H23F2NO3/c1-7(2)3-10-12(18)11(17)9(6-19-10)16-8-4-13(14,15)5-8/h7-12,16-18H,3-6H2,1-2H3/t9-,10+,11+,12-/m0/s1. The molecule has 1 aliphatic heterocycles. The molecule has 112 valence electrons. The molecule has 3 N–H and O–H groups in total. The average molecular weight is 279 g/mol. The third-order valence-electron chi connectivity index (χ3n) is 3.88. The number of aliphatic hydroxyl groups is 2. The molecule has 0 aromatic heterocycles. The molecule has 6 heteroatoms. The lowest BCUT2D eigenvalue weighted by atomic mass is 9.86. The van der Waals surface area contributed by atoms with Crippen molar-refractivity contribution in [2.45, 2.75) is 69.4 Å². The second-order valence-corrected chi connectivity index (χ2v) is 6.22. The van der Waals surface area contributed by atoms with Crippen LogP contribution in [-0.2, 0) is 4.74 Å². The lowest BCUT2D eigenvalue weighted by Crippen LogP contribution is -2.62. The van der Waals surface area contributed by atoms with Gasteiger partial charge in [0.25, 0.3) is 5.92 Å². The Kier molecular flexibility index (Phi) is 4.45. The molecule has 0 aromatic carbocycles. The number of ether oxygens (including phenoxy) is 1. The first-order valence-corrected chi connectivity index (χ1v) is 6.90. The van der Waals surface area contributed by atoms with E-state index in [1.165, 1.54) is 0 Å². The zero-order valence-electron chi connectivity index (χ0n) is 11.4. The van der Waals surface area contributed by atoms with Crippen molar-refractivity contribution in [2.75, 3.05) is 6.61 Å². The van der Waals surface area contributed by atoms with Gasteiger partial charge in [-0.3, -0.25) is 0 Å². The van der Waals surface area contributed by atoms with Gasteiger partial charge in [0.2, 0.25) is 0 Å². The van der Waals surface area contributed by atoms with Crippen molar-refractivity contribution in [2.24, 2.45) is 5.92 Å². The molecule has 1 aliphatic carbocycles. The molecule has 1 heterocycles. The molecular formula is C13H23F2NO3. The molecule has 0 amide bonds. The summed E-state index contributed by atoms with van der Waals surface area (Å²) in [5.41, 5.74) is 0. The number of nitrogens with one attached hydrogen (secondary N) is 1. The predicted molar refractivity (Wildman–Crippen MR) is 66.1 cm³/mol. The minimum atomic E-state index is -2.59. The van der Waals surface area contributed by atoms with E-state index in [1.807, 2.05) is 13.8 Å². The van der Waals surface area contributed by atoms with E-state index in [0.717, 1.165) is 0 Å². The maximum absolute atomic E-state index is 12.7. The largest absolute Gasteiger partial charge is 0.389 e. The van der Waals surface area contributed by atoms with Crippen molar-refractivity contribution in [1.82, 2.24) is 5.32 Å². The summed E-state index contributed by atoms with van der Waals surface area (Å²) in [6.07, 6.45) is -2.05. The summed E-state index contributed by atoms with van der Waals surface area (Å²) < 4.78 is 31.0. The fourth-order valence-corrected chi connectivity index (χ4v) is 2.78. The van der Waals surface area contributed by atoms with Crippen LogP contribution in [0.5, 0.6) is 0 Å². The number of alkyl halides is 2. The fraction of sp³-hybridized carbons (Fsp3) is 1.00. The maximum Gasteiger partial charge on any atom is 0.251 e. The first kappa shape index (κ1) is 15.1. The van der Waals surface area contributed by atoms with Crippen LogP contribution in [0, 0.1) is 5.92 Å². The minimum absolute atomic E-state index is 0.207. The van der Waals surface area contributed by atoms with Gasteiger partial charge in [-0.2, -0.15) is 0 Å². The van der Waals surface area contributed by atoms with Crippen molar-refractivity contribution in [3.8, 4) is 0 Å². The zero-order valence-corrected chi connectivity index (χ0v) is 11.4. The third-order valence-corrected chi connectivity index (χ3v) is 3.88. The van der Waals surface area contributed by atoms with Crippen LogP contribution in [0.25, 0.3) is 0 Å². The summed E-state index contributed by atoms with van der Waals surface area (Å²) in [4.78, 5) is 0. The quantitative estimate of drug-likeness (QED) is 0.716. The highest BCUT2D eigenvalue weighted by atomic mass is 19.3. The molecule has 0 radical (unpaired) electrons. The number of hydrogen-bond donors (Lipinski definition) is 3. The van der Waals surface area contributed by atoms with E-state index in [9.17, 15) is 19.0 Å². The molecule has 1 saturated heterocycles. The third kappa shape index (κ3) is 3.62. The molecule has 2 rings (SSSR count). The Morgan fingerprint density at radius 1 is 1.26 bits per heavy atom. The average Bonchev–Trinajstić information content (AvgIpc) is 2.25. The van der Waals surface area contributed by atoms with E-state index in [-0.39, 0.29) is 31.6 Å². The predicted octanol–water partition coefficient (Wildman–Crippen LogP) is 0.909. The van der Waals surface area contributed by atoms with Crippen LogP contribution >= 0.6 is 0 Å². The highest BCUT2D eigenvalue weighted by Crippen LogP contribution is 2.38. The first-order chi connectivity index (χ1) is 8.78. The van der Waals surface area contributed by atoms with Crippen molar-refractivity contribution in [3.63, 3.8) is 0 Å². The molecule has 0 bridgehead atoms. The van der Waals surface area contributed by atoms with Gasteiger partial charge < -0.3 is 20.3 Å². The van der Waals surface area contributed by atoms with E-state index in [4.69, 9.17) is 4.74 Å². The molecule has 1 saturated carbocycles.